The van der Waals surface area contributed by atoms with Gasteiger partial charge in [0.25, 0.3) is 0 Å². The minimum absolute atomic E-state index is 0.0616. The van der Waals surface area contributed by atoms with Gasteiger partial charge in [-0.25, -0.2) is 0 Å². The predicted octanol–water partition coefficient (Wildman–Crippen LogP) is 6.66. The van der Waals surface area contributed by atoms with Crippen LogP contribution in [0.5, 0.6) is 11.5 Å². The van der Waals surface area contributed by atoms with Crippen LogP contribution < -0.4 is 9.47 Å². The van der Waals surface area contributed by atoms with Crippen molar-refractivity contribution in [2.24, 2.45) is 0 Å². The molecule has 0 saturated heterocycles. The second kappa shape index (κ2) is 11.6. The molecular weight excluding hydrogens is 484 g/mol. The van der Waals surface area contributed by atoms with Gasteiger partial charge in [0.05, 0.1) is 0 Å². The predicted molar refractivity (Wildman–Crippen MR) is 155 cm³/mol. The summed E-state index contributed by atoms with van der Waals surface area (Å²) in [5, 5.41) is 0.821. The molecule has 0 amide bonds. The summed E-state index contributed by atoms with van der Waals surface area (Å²) < 4.78 is 12.3. The van der Waals surface area contributed by atoms with Crippen LogP contribution in [0.15, 0.2) is 36.4 Å². The molecule has 0 spiro atoms. The van der Waals surface area contributed by atoms with Crippen LogP contribution in [0.3, 0.4) is 0 Å². The van der Waals surface area contributed by atoms with Crippen LogP contribution in [0.4, 0.5) is 0 Å². The van der Waals surface area contributed by atoms with E-state index in [1.165, 1.54) is 54.4 Å². The number of nitrogens with zero attached hydrogens (tertiary/aromatic N) is 2. The maximum atomic E-state index is 6.15. The summed E-state index contributed by atoms with van der Waals surface area (Å²) in [6.45, 7) is 9.62. The summed E-state index contributed by atoms with van der Waals surface area (Å²) in [5.74, 6) is 2.10. The molecule has 3 aliphatic rings. The van der Waals surface area contributed by atoms with Gasteiger partial charge in [0.15, 0.2) is 0 Å². The average Bonchev–Trinajstić information content (AvgIpc) is 2.90. The van der Waals surface area contributed by atoms with Gasteiger partial charge in [0.2, 0.25) is 0 Å². The molecule has 6 heteroatoms. The zero-order chi connectivity index (χ0) is 25.1. The van der Waals surface area contributed by atoms with Gasteiger partial charge >= 0.3 is 0 Å². The lowest BCUT2D eigenvalue weighted by molar-refractivity contribution is 0.0941. The van der Waals surface area contributed by atoms with E-state index in [9.17, 15) is 0 Å². The number of thiol groups is 2. The molecule has 196 valence electrons. The maximum Gasteiger partial charge on any atom is 0.142 e. The van der Waals surface area contributed by atoms with Crippen LogP contribution in [0.2, 0.25) is 0 Å². The van der Waals surface area contributed by atoms with Gasteiger partial charge in [0.1, 0.15) is 25.0 Å². The van der Waals surface area contributed by atoms with Gasteiger partial charge in [-0.15, -0.1) is 0 Å². The summed E-state index contributed by atoms with van der Waals surface area (Å²) >= 11 is 9.14. The highest BCUT2D eigenvalue weighted by Crippen LogP contribution is 2.47. The molecule has 2 unspecified atom stereocenters. The second-order valence-electron chi connectivity index (χ2n) is 11.2. The summed E-state index contributed by atoms with van der Waals surface area (Å²) in [5.41, 5.74) is 5.61. The van der Waals surface area contributed by atoms with E-state index in [4.69, 9.17) is 9.47 Å². The van der Waals surface area contributed by atoms with Gasteiger partial charge in [0, 0.05) is 53.2 Å². The SMILES string of the molecule is CC(S)CCN1COc2ccc(C3(c4ccc5c(c4)CN(CCC(C)S)CO5)CCCCC3)cc2C1. The average molecular weight is 527 g/mol. The van der Waals surface area contributed by atoms with Crippen LogP contribution in [0.25, 0.3) is 0 Å². The molecule has 0 radical (unpaired) electrons. The number of benzene rings is 2. The van der Waals surface area contributed by atoms with Crippen LogP contribution in [0, 0.1) is 0 Å². The Labute approximate surface area is 228 Å². The van der Waals surface area contributed by atoms with Crippen molar-refractivity contribution in [3.63, 3.8) is 0 Å². The fourth-order valence-electron chi connectivity index (χ4n) is 6.10. The van der Waals surface area contributed by atoms with E-state index in [-0.39, 0.29) is 5.41 Å². The maximum absolute atomic E-state index is 6.15. The molecule has 0 aromatic heterocycles. The molecule has 5 rings (SSSR count). The fourth-order valence-corrected chi connectivity index (χ4v) is 6.33. The summed E-state index contributed by atoms with van der Waals surface area (Å²) in [4.78, 5) is 4.81. The molecule has 0 N–H and O–H groups in total. The first-order chi connectivity index (χ1) is 17.4. The van der Waals surface area contributed by atoms with Crippen molar-refractivity contribution in [1.29, 1.82) is 0 Å². The van der Waals surface area contributed by atoms with Crippen molar-refractivity contribution < 1.29 is 9.47 Å². The molecule has 4 nitrogen and oxygen atoms in total. The lowest BCUT2D eigenvalue weighted by Gasteiger charge is -2.40. The van der Waals surface area contributed by atoms with Gasteiger partial charge < -0.3 is 9.47 Å². The number of ether oxygens (including phenoxy) is 2. The molecule has 1 aliphatic carbocycles. The first kappa shape index (κ1) is 26.3. The first-order valence-corrected chi connectivity index (χ1v) is 14.8. The lowest BCUT2D eigenvalue weighted by Crippen LogP contribution is -2.35. The van der Waals surface area contributed by atoms with Crippen molar-refractivity contribution in [1.82, 2.24) is 9.80 Å². The topological polar surface area (TPSA) is 24.9 Å². The minimum atomic E-state index is 0.0616. The number of hydrogen-bond acceptors (Lipinski definition) is 6. The van der Waals surface area contributed by atoms with Crippen molar-refractivity contribution in [2.75, 3.05) is 26.6 Å². The fraction of sp³-hybridized carbons (Fsp3) is 0.600. The van der Waals surface area contributed by atoms with E-state index in [2.05, 4.69) is 85.3 Å². The molecule has 2 aliphatic heterocycles. The van der Waals surface area contributed by atoms with Crippen LogP contribution >= 0.6 is 25.3 Å². The van der Waals surface area contributed by atoms with E-state index in [1.54, 1.807) is 0 Å². The highest BCUT2D eigenvalue weighted by molar-refractivity contribution is 7.81. The Balaban J connectivity index is 1.42. The van der Waals surface area contributed by atoms with Crippen molar-refractivity contribution in [3.8, 4) is 11.5 Å². The van der Waals surface area contributed by atoms with Crippen LogP contribution in [0.1, 0.15) is 81.0 Å². The van der Waals surface area contributed by atoms with Gasteiger partial charge in [-0.2, -0.15) is 25.3 Å². The molecular formula is C30H42N2O2S2. The van der Waals surface area contributed by atoms with E-state index in [1.807, 2.05) is 0 Å². The molecule has 1 fully saturated rings. The van der Waals surface area contributed by atoms with E-state index < -0.39 is 0 Å². The third-order valence-electron chi connectivity index (χ3n) is 8.25. The minimum Gasteiger partial charge on any atom is -0.478 e. The highest BCUT2D eigenvalue weighted by atomic mass is 32.1. The van der Waals surface area contributed by atoms with Crippen LogP contribution in [-0.4, -0.2) is 46.9 Å². The first-order valence-electron chi connectivity index (χ1n) is 13.8. The Bertz CT molecular complexity index is 960. The van der Waals surface area contributed by atoms with Crippen molar-refractivity contribution >= 4 is 25.3 Å². The molecule has 2 aromatic rings. The molecule has 0 bridgehead atoms. The zero-order valence-corrected chi connectivity index (χ0v) is 23.7. The molecule has 1 saturated carbocycles. The second-order valence-corrected chi connectivity index (χ2v) is 13.0. The quantitative estimate of drug-likeness (QED) is 0.376. The van der Waals surface area contributed by atoms with Gasteiger partial charge in [-0.1, -0.05) is 45.2 Å². The Kier molecular flexibility index (Phi) is 8.46. The van der Waals surface area contributed by atoms with E-state index in [0.717, 1.165) is 50.5 Å². The standard InChI is InChI=1S/C30H42N2O2S2/c1-22(35)10-14-31-18-24-16-26(6-8-28(24)33-20-31)30(12-4-3-5-13-30)27-7-9-29-25(17-27)19-32(21-34-29)15-11-23(2)36/h6-9,16-17,22-23,35-36H,3-5,10-15,18-21H2,1-2H3. The number of rotatable bonds is 8. The van der Waals surface area contributed by atoms with Crippen molar-refractivity contribution in [2.45, 2.75) is 87.8 Å². The number of fused-ring (bicyclic) bond motifs is 2. The highest BCUT2D eigenvalue weighted by Gasteiger charge is 2.37. The van der Waals surface area contributed by atoms with Crippen LogP contribution in [-0.2, 0) is 18.5 Å². The third-order valence-corrected chi connectivity index (χ3v) is 8.77. The van der Waals surface area contributed by atoms with Gasteiger partial charge in [-0.3, -0.25) is 9.80 Å². The van der Waals surface area contributed by atoms with Crippen molar-refractivity contribution in [3.05, 3.63) is 58.7 Å². The molecule has 2 heterocycles. The normalized spacial score (nSPS) is 21.6. The Morgan fingerprint density at radius 1 is 0.750 bits per heavy atom. The van der Waals surface area contributed by atoms with E-state index >= 15 is 0 Å². The molecule has 36 heavy (non-hydrogen) atoms. The van der Waals surface area contributed by atoms with Gasteiger partial charge in [-0.05, 0) is 61.1 Å². The molecule has 2 aromatic carbocycles. The largest absolute Gasteiger partial charge is 0.478 e. The Morgan fingerprint density at radius 3 is 1.67 bits per heavy atom. The summed E-state index contributed by atoms with van der Waals surface area (Å²) in [6, 6.07) is 14.0. The zero-order valence-electron chi connectivity index (χ0n) is 21.9. The molecule has 2 atom stereocenters. The monoisotopic (exact) mass is 526 g/mol. The summed E-state index contributed by atoms with van der Waals surface area (Å²) in [6.07, 6.45) is 8.44. The number of hydrogen-bond donors (Lipinski definition) is 2. The lowest BCUT2D eigenvalue weighted by atomic mass is 9.65. The van der Waals surface area contributed by atoms with E-state index in [0.29, 0.717) is 24.0 Å². The Hall–Kier alpha value is -1.34. The summed E-state index contributed by atoms with van der Waals surface area (Å²) in [7, 11) is 0. The third kappa shape index (κ3) is 5.87. The smallest absolute Gasteiger partial charge is 0.142 e. The Morgan fingerprint density at radius 2 is 1.22 bits per heavy atom.